The predicted octanol–water partition coefficient (Wildman–Crippen LogP) is 3.66. The van der Waals surface area contributed by atoms with Crippen LogP contribution in [0.15, 0.2) is 18.2 Å². The van der Waals surface area contributed by atoms with Gasteiger partial charge in [-0.2, -0.15) is 0 Å². The molecule has 1 aliphatic carbocycles. The van der Waals surface area contributed by atoms with Crippen LogP contribution in [-0.4, -0.2) is 6.54 Å². The highest BCUT2D eigenvalue weighted by Crippen LogP contribution is 2.43. The molecule has 0 aromatic heterocycles. The van der Waals surface area contributed by atoms with E-state index in [0.29, 0.717) is 15.5 Å². The molecule has 0 radical (unpaired) electrons. The normalized spacial score (nSPS) is 18.6. The maximum Gasteiger partial charge on any atom is 0.0595 e. The minimum absolute atomic E-state index is 0.331. The molecule has 2 rings (SSSR count). The van der Waals surface area contributed by atoms with Crippen molar-refractivity contribution in [3.63, 3.8) is 0 Å². The highest BCUT2D eigenvalue weighted by Gasteiger charge is 2.35. The Morgan fingerprint density at radius 2 is 1.93 bits per heavy atom. The first kappa shape index (κ1) is 11.3. The smallest absolute Gasteiger partial charge is 0.0595 e. The molecule has 15 heavy (non-hydrogen) atoms. The van der Waals surface area contributed by atoms with Crippen LogP contribution in [0.3, 0.4) is 0 Å². The molecule has 0 bridgehead atoms. The highest BCUT2D eigenvalue weighted by molar-refractivity contribution is 6.42. The fourth-order valence-corrected chi connectivity index (χ4v) is 2.53. The first-order valence-electron chi connectivity index (χ1n) is 5.29. The second-order valence-electron chi connectivity index (χ2n) is 4.48. The molecule has 1 saturated carbocycles. The fraction of sp³-hybridized carbons (Fsp3) is 0.500. The van der Waals surface area contributed by atoms with E-state index in [1.54, 1.807) is 0 Å². The van der Waals surface area contributed by atoms with E-state index in [4.69, 9.17) is 28.9 Å². The highest BCUT2D eigenvalue weighted by atomic mass is 35.5. The van der Waals surface area contributed by atoms with Crippen LogP contribution in [0.25, 0.3) is 0 Å². The van der Waals surface area contributed by atoms with Crippen LogP contribution >= 0.6 is 23.2 Å². The molecule has 1 aliphatic rings. The average molecular weight is 244 g/mol. The Morgan fingerprint density at radius 1 is 1.20 bits per heavy atom. The topological polar surface area (TPSA) is 26.0 Å². The Balaban J connectivity index is 2.13. The zero-order valence-corrected chi connectivity index (χ0v) is 10.1. The van der Waals surface area contributed by atoms with Crippen LogP contribution in [0.5, 0.6) is 0 Å². The molecule has 0 amide bonds. The second-order valence-corrected chi connectivity index (χ2v) is 5.30. The van der Waals surface area contributed by atoms with Crippen molar-refractivity contribution >= 4 is 23.2 Å². The van der Waals surface area contributed by atoms with Crippen LogP contribution in [-0.2, 0) is 6.42 Å². The quantitative estimate of drug-likeness (QED) is 0.862. The van der Waals surface area contributed by atoms with Gasteiger partial charge in [-0.3, -0.25) is 0 Å². The van der Waals surface area contributed by atoms with Crippen LogP contribution in [0.4, 0.5) is 0 Å². The van der Waals surface area contributed by atoms with Gasteiger partial charge in [-0.25, -0.2) is 0 Å². The van der Waals surface area contributed by atoms with Crippen molar-refractivity contribution in [3.8, 4) is 0 Å². The van der Waals surface area contributed by atoms with Crippen molar-refractivity contribution in [1.29, 1.82) is 0 Å². The Bertz CT molecular complexity index is 353. The van der Waals surface area contributed by atoms with Gasteiger partial charge in [0.05, 0.1) is 10.0 Å². The fourth-order valence-electron chi connectivity index (χ4n) is 2.21. The van der Waals surface area contributed by atoms with Crippen LogP contribution < -0.4 is 5.73 Å². The van der Waals surface area contributed by atoms with E-state index < -0.39 is 0 Å². The number of hydrogen-bond donors (Lipinski definition) is 1. The van der Waals surface area contributed by atoms with E-state index in [9.17, 15) is 0 Å². The SMILES string of the molecule is NCC1(Cc2ccc(Cl)c(Cl)c2)CCC1. The van der Waals surface area contributed by atoms with Crippen molar-refractivity contribution in [2.24, 2.45) is 11.1 Å². The Morgan fingerprint density at radius 3 is 2.40 bits per heavy atom. The van der Waals surface area contributed by atoms with Gasteiger partial charge in [0.1, 0.15) is 0 Å². The van der Waals surface area contributed by atoms with Crippen molar-refractivity contribution in [1.82, 2.24) is 0 Å². The summed E-state index contributed by atoms with van der Waals surface area (Å²) < 4.78 is 0. The average Bonchev–Trinajstić information content (AvgIpc) is 2.17. The maximum absolute atomic E-state index is 5.98. The van der Waals surface area contributed by atoms with E-state index in [1.807, 2.05) is 18.2 Å². The van der Waals surface area contributed by atoms with Crippen molar-refractivity contribution in [2.75, 3.05) is 6.54 Å². The minimum atomic E-state index is 0.331. The molecule has 0 heterocycles. The summed E-state index contributed by atoms with van der Waals surface area (Å²) in [4.78, 5) is 0. The van der Waals surface area contributed by atoms with Gasteiger partial charge < -0.3 is 5.73 Å². The Labute approximate surface area is 101 Å². The van der Waals surface area contributed by atoms with Gasteiger partial charge in [0.15, 0.2) is 0 Å². The van der Waals surface area contributed by atoms with Gasteiger partial charge in [0.2, 0.25) is 0 Å². The van der Waals surface area contributed by atoms with Gasteiger partial charge in [-0.1, -0.05) is 35.7 Å². The molecule has 0 saturated heterocycles. The van der Waals surface area contributed by atoms with Gasteiger partial charge >= 0.3 is 0 Å². The number of benzene rings is 1. The zero-order valence-electron chi connectivity index (χ0n) is 8.60. The summed E-state index contributed by atoms with van der Waals surface area (Å²) in [5, 5.41) is 1.26. The Hall–Kier alpha value is -0.240. The third-order valence-electron chi connectivity index (χ3n) is 3.41. The molecule has 1 nitrogen and oxygen atoms in total. The molecular formula is C12H15Cl2N. The lowest BCUT2D eigenvalue weighted by molar-refractivity contribution is 0.145. The standard InChI is InChI=1S/C12H15Cl2N/c13-10-3-2-9(6-11(10)14)7-12(8-15)4-1-5-12/h2-3,6H,1,4-5,7-8,15H2. The molecule has 0 unspecified atom stereocenters. The molecular weight excluding hydrogens is 229 g/mol. The van der Waals surface area contributed by atoms with Crippen molar-refractivity contribution in [3.05, 3.63) is 33.8 Å². The lowest BCUT2D eigenvalue weighted by Crippen LogP contribution is -2.39. The molecule has 1 fully saturated rings. The summed E-state index contributed by atoms with van der Waals surface area (Å²) in [5.74, 6) is 0. The number of halogens is 2. The first-order chi connectivity index (χ1) is 7.15. The molecule has 3 heteroatoms. The van der Waals surface area contributed by atoms with Crippen LogP contribution in [0.2, 0.25) is 10.0 Å². The van der Waals surface area contributed by atoms with Gasteiger partial charge in [0.25, 0.3) is 0 Å². The van der Waals surface area contributed by atoms with E-state index in [1.165, 1.54) is 24.8 Å². The third-order valence-corrected chi connectivity index (χ3v) is 4.15. The minimum Gasteiger partial charge on any atom is -0.330 e. The number of nitrogens with two attached hydrogens (primary N) is 1. The molecule has 0 spiro atoms. The maximum atomic E-state index is 5.98. The predicted molar refractivity (Wildman–Crippen MR) is 65.5 cm³/mol. The van der Waals surface area contributed by atoms with Gasteiger partial charge in [-0.05, 0) is 48.9 Å². The van der Waals surface area contributed by atoms with Crippen LogP contribution in [0.1, 0.15) is 24.8 Å². The summed E-state index contributed by atoms with van der Waals surface area (Å²) in [6, 6.07) is 5.87. The molecule has 1 aromatic carbocycles. The van der Waals surface area contributed by atoms with E-state index in [-0.39, 0.29) is 0 Å². The first-order valence-corrected chi connectivity index (χ1v) is 6.05. The summed E-state index contributed by atoms with van der Waals surface area (Å²) in [7, 11) is 0. The summed E-state index contributed by atoms with van der Waals surface area (Å²) in [5.41, 5.74) is 7.40. The summed E-state index contributed by atoms with van der Waals surface area (Å²) >= 11 is 11.9. The van der Waals surface area contributed by atoms with E-state index in [0.717, 1.165) is 13.0 Å². The van der Waals surface area contributed by atoms with Crippen molar-refractivity contribution in [2.45, 2.75) is 25.7 Å². The lowest BCUT2D eigenvalue weighted by atomic mass is 9.65. The van der Waals surface area contributed by atoms with E-state index >= 15 is 0 Å². The zero-order chi connectivity index (χ0) is 10.9. The van der Waals surface area contributed by atoms with E-state index in [2.05, 4.69) is 0 Å². The second kappa shape index (κ2) is 4.32. The number of rotatable bonds is 3. The third kappa shape index (κ3) is 2.30. The number of hydrogen-bond acceptors (Lipinski definition) is 1. The largest absolute Gasteiger partial charge is 0.330 e. The summed E-state index contributed by atoms with van der Waals surface area (Å²) in [6.07, 6.45) is 4.81. The monoisotopic (exact) mass is 243 g/mol. The molecule has 2 N–H and O–H groups in total. The molecule has 1 aromatic rings. The molecule has 0 aliphatic heterocycles. The van der Waals surface area contributed by atoms with Crippen LogP contribution in [0, 0.1) is 5.41 Å². The van der Waals surface area contributed by atoms with Gasteiger partial charge in [0, 0.05) is 0 Å². The summed E-state index contributed by atoms with van der Waals surface area (Å²) in [6.45, 7) is 0.771. The Kier molecular flexibility index (Phi) is 3.24. The molecule has 0 atom stereocenters. The molecule has 82 valence electrons. The van der Waals surface area contributed by atoms with Crippen molar-refractivity contribution < 1.29 is 0 Å². The van der Waals surface area contributed by atoms with Gasteiger partial charge in [-0.15, -0.1) is 0 Å². The lowest BCUT2D eigenvalue weighted by Gasteiger charge is -2.41.